The zero-order valence-electron chi connectivity index (χ0n) is 20.9. The van der Waals surface area contributed by atoms with Gasteiger partial charge in [-0.25, -0.2) is 4.39 Å². The number of fused-ring (bicyclic) bond motifs is 2. The van der Waals surface area contributed by atoms with Gasteiger partial charge in [0.15, 0.2) is 0 Å². The third-order valence-electron chi connectivity index (χ3n) is 6.37. The number of pyridine rings is 1. The molecule has 0 atom stereocenters. The van der Waals surface area contributed by atoms with Gasteiger partial charge in [0.1, 0.15) is 50.8 Å². The molecule has 2 aromatic heterocycles. The molecule has 1 aliphatic rings. The number of amides is 1. The minimum Gasteiger partial charge on any atom is -0.512 e. The van der Waals surface area contributed by atoms with E-state index in [0.29, 0.717) is 22.6 Å². The Morgan fingerprint density at radius 1 is 1.11 bits per heavy atom. The van der Waals surface area contributed by atoms with Gasteiger partial charge in [-0.3, -0.25) is 14.5 Å². The smallest absolute Gasteiger partial charge is 0.255 e. The molecule has 3 heterocycles. The maximum atomic E-state index is 15.4. The zero-order chi connectivity index (χ0) is 25.1. The fourth-order valence-corrected chi connectivity index (χ4v) is 4.73. The molecule has 4 aromatic rings. The average Bonchev–Trinajstić information content (AvgIpc) is 3.23. The van der Waals surface area contributed by atoms with Crippen LogP contribution in [0, 0.1) is 5.82 Å². The van der Waals surface area contributed by atoms with Crippen LogP contribution >= 0.6 is 0 Å². The summed E-state index contributed by atoms with van der Waals surface area (Å²) in [7, 11) is 11.6. The van der Waals surface area contributed by atoms with Crippen LogP contribution in [-0.4, -0.2) is 70.1 Å². The highest BCUT2D eigenvalue weighted by molar-refractivity contribution is 6.58. The van der Waals surface area contributed by atoms with Gasteiger partial charge in [-0.2, -0.15) is 5.10 Å². The molecule has 2 aromatic carbocycles. The largest absolute Gasteiger partial charge is 0.512 e. The minimum atomic E-state index is -0.681. The summed E-state index contributed by atoms with van der Waals surface area (Å²) in [6, 6.07) is 12.8. The fraction of sp³-hybridized carbons (Fsp3) is 0.174. The average molecular weight is 462 g/mol. The van der Waals surface area contributed by atoms with Crippen molar-refractivity contribution in [1.29, 1.82) is 0 Å². The first-order valence-electron chi connectivity index (χ1n) is 11.7. The number of rotatable bonds is 5. The van der Waals surface area contributed by atoms with Crippen LogP contribution in [0.4, 0.5) is 4.39 Å². The van der Waals surface area contributed by atoms with Crippen LogP contribution in [0.15, 0.2) is 54.9 Å². The van der Waals surface area contributed by atoms with Gasteiger partial charge in [-0.1, -0.05) is 24.3 Å². The lowest BCUT2D eigenvalue weighted by Gasteiger charge is -2.32. The van der Waals surface area contributed by atoms with E-state index < -0.39 is 10.6 Å². The molecule has 170 valence electrons. The molecule has 0 saturated heterocycles. The van der Waals surface area contributed by atoms with Crippen LogP contribution in [-0.2, 0) is 18.9 Å². The molecule has 0 saturated carbocycles. The van der Waals surface area contributed by atoms with Gasteiger partial charge in [-0.05, 0) is 29.3 Å². The number of ether oxygens (including phenoxy) is 1. The second kappa shape index (κ2) is 8.07. The van der Waals surface area contributed by atoms with E-state index in [2.05, 4.69) is 10.1 Å². The minimum absolute atomic E-state index is 0.140. The van der Waals surface area contributed by atoms with E-state index in [-0.39, 0.29) is 18.3 Å². The topological polar surface area (TPSA) is 60.2 Å². The number of aromatic nitrogens is 3. The van der Waals surface area contributed by atoms with Crippen molar-refractivity contribution in [2.75, 3.05) is 0 Å². The normalized spacial score (nSPS) is 14.9. The number of halogens is 1. The van der Waals surface area contributed by atoms with Gasteiger partial charge >= 0.3 is 0 Å². The summed E-state index contributed by atoms with van der Waals surface area (Å²) in [6.07, 6.45) is 3.58. The van der Waals surface area contributed by atoms with Gasteiger partial charge in [0.25, 0.3) is 5.91 Å². The Bertz CT molecular complexity index is 1480. The van der Waals surface area contributed by atoms with Crippen LogP contribution < -0.4 is 4.74 Å². The lowest BCUT2D eigenvalue weighted by molar-refractivity contribution is 0.0729. The van der Waals surface area contributed by atoms with E-state index in [9.17, 15) is 4.79 Å². The molecule has 0 radical (unpaired) electrons. The summed E-state index contributed by atoms with van der Waals surface area (Å²) < 4.78 is 23.0. The maximum absolute atomic E-state index is 15.4. The van der Waals surface area contributed by atoms with E-state index in [1.807, 2.05) is 76.7 Å². The quantitative estimate of drug-likeness (QED) is 0.347. The Morgan fingerprint density at radius 2 is 1.89 bits per heavy atom. The zero-order valence-corrected chi connectivity index (χ0v) is 20.9. The standard InChI is InChI=1S/C23H24B5FN4O2/c1-32-11-17-15(3-2-4-19(17)31-32)12-5-6-13(18(29)7-12)10-33-21(34)16-8-14(35-23(26,27)28)9-30-20(16)22(33,24)25/h2-9,11H,10,24-28H2,1H3. The van der Waals surface area contributed by atoms with Crippen molar-refractivity contribution in [3.8, 4) is 16.9 Å². The van der Waals surface area contributed by atoms with Crippen LogP contribution in [0.25, 0.3) is 22.0 Å². The Kier molecular flexibility index (Phi) is 5.38. The van der Waals surface area contributed by atoms with Gasteiger partial charge in [0.2, 0.25) is 0 Å². The summed E-state index contributed by atoms with van der Waals surface area (Å²) in [5.41, 5.74) is 4.17. The monoisotopic (exact) mass is 462 g/mol. The van der Waals surface area contributed by atoms with Gasteiger partial charge in [0, 0.05) is 41.4 Å². The number of benzene rings is 2. The Labute approximate surface area is 208 Å². The van der Waals surface area contributed by atoms with E-state index in [4.69, 9.17) is 4.74 Å². The molecule has 0 spiro atoms. The third kappa shape index (κ3) is 4.15. The number of carbonyl (C=O) groups excluding carboxylic acids is 1. The first kappa shape index (κ1) is 23.3. The highest BCUT2D eigenvalue weighted by atomic mass is 19.1. The molecule has 35 heavy (non-hydrogen) atoms. The van der Waals surface area contributed by atoms with E-state index >= 15 is 4.39 Å². The number of hydrogen-bond donors (Lipinski definition) is 0. The molecule has 0 fully saturated rings. The molecule has 0 aliphatic carbocycles. The van der Waals surface area contributed by atoms with Gasteiger partial charge in [-0.15, -0.1) is 0 Å². The summed E-state index contributed by atoms with van der Waals surface area (Å²) in [5.74, 6) is 0.00971. The second-order valence-electron chi connectivity index (χ2n) is 10.6. The van der Waals surface area contributed by atoms with E-state index in [1.54, 1.807) is 27.9 Å². The molecule has 1 aliphatic heterocycles. The number of hydrogen-bond acceptors (Lipinski definition) is 4. The molecule has 0 bridgehead atoms. The van der Waals surface area contributed by atoms with Crippen molar-refractivity contribution in [3.05, 3.63) is 77.5 Å². The molecular formula is C23H24B5FN4O2. The van der Waals surface area contributed by atoms with Crippen molar-refractivity contribution in [2.24, 2.45) is 7.05 Å². The first-order valence-corrected chi connectivity index (χ1v) is 11.7. The molecule has 5 rings (SSSR count). The van der Waals surface area contributed by atoms with Crippen LogP contribution in [0.3, 0.4) is 0 Å². The Hall–Kier alpha value is -3.42. The summed E-state index contributed by atoms with van der Waals surface area (Å²) in [4.78, 5) is 19.6. The van der Waals surface area contributed by atoms with Gasteiger partial charge in [0.05, 0.1) is 23.0 Å². The number of carbonyl (C=O) groups is 1. The molecule has 6 nitrogen and oxygen atoms in total. The molecule has 0 unspecified atom stereocenters. The van der Waals surface area contributed by atoms with E-state index in [1.165, 1.54) is 6.07 Å². The fourth-order valence-electron chi connectivity index (χ4n) is 4.73. The highest BCUT2D eigenvalue weighted by Crippen LogP contribution is 2.37. The van der Waals surface area contributed by atoms with Crippen molar-refractivity contribution >= 4 is 56.0 Å². The predicted octanol–water partition coefficient (Wildman–Crippen LogP) is -1.30. The lowest BCUT2D eigenvalue weighted by Crippen LogP contribution is -2.44. The van der Waals surface area contributed by atoms with Crippen molar-refractivity contribution in [2.45, 2.75) is 17.2 Å². The summed E-state index contributed by atoms with van der Waals surface area (Å²) >= 11 is 0. The van der Waals surface area contributed by atoms with Crippen molar-refractivity contribution in [3.63, 3.8) is 0 Å². The number of aryl methyl sites for hydroxylation is 1. The number of nitrogens with zero attached hydrogens (tertiary/aromatic N) is 4. The van der Waals surface area contributed by atoms with Crippen molar-refractivity contribution < 1.29 is 13.9 Å². The molecular weight excluding hydrogens is 437 g/mol. The van der Waals surface area contributed by atoms with Crippen LogP contribution in [0.5, 0.6) is 5.75 Å². The second-order valence-corrected chi connectivity index (χ2v) is 10.6. The predicted molar refractivity (Wildman–Crippen MR) is 148 cm³/mol. The Morgan fingerprint density at radius 3 is 2.60 bits per heavy atom. The first-order chi connectivity index (χ1) is 16.4. The van der Waals surface area contributed by atoms with Crippen molar-refractivity contribution in [1.82, 2.24) is 19.7 Å². The summed E-state index contributed by atoms with van der Waals surface area (Å²) in [6.45, 7) is 0.140. The molecule has 0 N–H and O–H groups in total. The summed E-state index contributed by atoms with van der Waals surface area (Å²) in [5, 5.41) is 4.32. The SMILES string of the molecule is BC(B)(B)Oc1cnc2c(c1)C(=O)N(Cc1ccc(-c3cccc4nn(C)cc34)cc1F)C2(B)B. The lowest BCUT2D eigenvalue weighted by atomic mass is 9.52. The van der Waals surface area contributed by atoms with Gasteiger partial charge < -0.3 is 9.64 Å². The third-order valence-corrected chi connectivity index (χ3v) is 6.37. The van der Waals surface area contributed by atoms with Crippen LogP contribution in [0.2, 0.25) is 0 Å². The molecule has 1 amide bonds. The Balaban J connectivity index is 1.45. The highest BCUT2D eigenvalue weighted by Gasteiger charge is 2.44. The molecule has 12 heteroatoms. The maximum Gasteiger partial charge on any atom is 0.255 e. The van der Waals surface area contributed by atoms with E-state index in [0.717, 1.165) is 22.0 Å². The van der Waals surface area contributed by atoms with Crippen LogP contribution in [0.1, 0.15) is 21.6 Å².